The lowest BCUT2D eigenvalue weighted by molar-refractivity contribution is -0.913. The SMILES string of the molecule is CCCCCCCC/C=C\CCCCCCCC(=O)OCC[N+]1(C)CCN(C(=O)CCCCCCC/C=C\CCCCCCCC)CC1. The monoisotopic (exact) mass is 674 g/mol. The highest BCUT2D eigenvalue weighted by atomic mass is 16.5. The van der Waals surface area contributed by atoms with Gasteiger partial charge in [-0.3, -0.25) is 9.59 Å². The first-order valence-electron chi connectivity index (χ1n) is 21.1. The summed E-state index contributed by atoms with van der Waals surface area (Å²) in [6.45, 7) is 9.42. The highest BCUT2D eigenvalue weighted by molar-refractivity contribution is 5.76. The van der Waals surface area contributed by atoms with Crippen molar-refractivity contribution in [2.75, 3.05) is 46.4 Å². The number of amides is 1. The number of likely N-dealkylation sites (N-methyl/N-ethyl adjacent to an activating group) is 1. The minimum atomic E-state index is -0.0481. The number of unbranched alkanes of at least 4 members (excludes halogenated alkanes) is 22. The number of ether oxygens (including phenoxy) is 1. The molecule has 0 aromatic rings. The number of rotatable bonds is 33. The minimum absolute atomic E-state index is 0.0481. The van der Waals surface area contributed by atoms with Gasteiger partial charge in [0.05, 0.1) is 33.2 Å². The molecule has 1 fully saturated rings. The fraction of sp³-hybridized carbons (Fsp3) is 0.860. The first-order valence-corrected chi connectivity index (χ1v) is 21.1. The van der Waals surface area contributed by atoms with Crippen molar-refractivity contribution >= 4 is 11.9 Å². The number of nitrogens with zero attached hydrogens (tertiary/aromatic N) is 2. The average molecular weight is 674 g/mol. The minimum Gasteiger partial charge on any atom is -0.460 e. The van der Waals surface area contributed by atoms with Crippen LogP contribution in [0.4, 0.5) is 0 Å². The summed E-state index contributed by atoms with van der Waals surface area (Å²) in [5.41, 5.74) is 0. The van der Waals surface area contributed by atoms with Gasteiger partial charge in [0.1, 0.15) is 13.2 Å². The Balaban J connectivity index is 1.93. The van der Waals surface area contributed by atoms with Gasteiger partial charge >= 0.3 is 5.97 Å². The molecule has 1 aliphatic rings. The van der Waals surface area contributed by atoms with E-state index in [1.54, 1.807) is 0 Å². The lowest BCUT2D eigenvalue weighted by Gasteiger charge is -2.41. The standard InChI is InChI=1S/C43H81N2O3/c1-4-6-8-10-12-14-16-18-20-22-24-26-28-30-32-34-42(46)44-36-38-45(3,39-37-44)40-41-48-43(47)35-33-31-29-27-25-23-21-19-17-15-13-11-9-7-5-2/h18-21H,4-17,22-41H2,1-3H3/q+1/b20-18-,21-19-. The quantitative estimate of drug-likeness (QED) is 0.0301. The van der Waals surface area contributed by atoms with Crippen LogP contribution in [-0.2, 0) is 14.3 Å². The zero-order chi connectivity index (χ0) is 34.8. The Morgan fingerprint density at radius 1 is 0.542 bits per heavy atom. The van der Waals surface area contributed by atoms with Gasteiger partial charge in [-0.1, -0.05) is 141 Å². The molecule has 5 heteroatoms. The van der Waals surface area contributed by atoms with Crippen LogP contribution in [0.15, 0.2) is 24.3 Å². The van der Waals surface area contributed by atoms with E-state index in [0.29, 0.717) is 25.4 Å². The van der Waals surface area contributed by atoms with Gasteiger partial charge in [-0.15, -0.1) is 0 Å². The summed E-state index contributed by atoms with van der Waals surface area (Å²) in [5.74, 6) is 0.276. The Hall–Kier alpha value is -1.62. The molecule has 5 nitrogen and oxygen atoms in total. The van der Waals surface area contributed by atoms with Crippen LogP contribution in [0.5, 0.6) is 0 Å². The third kappa shape index (κ3) is 27.2. The molecular weight excluding hydrogens is 592 g/mol. The van der Waals surface area contributed by atoms with Crippen molar-refractivity contribution in [1.82, 2.24) is 4.90 Å². The molecule has 1 rings (SSSR count). The van der Waals surface area contributed by atoms with Crippen LogP contribution < -0.4 is 0 Å². The van der Waals surface area contributed by atoms with E-state index in [-0.39, 0.29) is 5.97 Å². The Bertz CT molecular complexity index is 794. The van der Waals surface area contributed by atoms with Crippen molar-refractivity contribution in [3.05, 3.63) is 24.3 Å². The van der Waals surface area contributed by atoms with Gasteiger partial charge in [-0.05, 0) is 64.2 Å². The molecule has 0 aliphatic carbocycles. The molecule has 0 aromatic heterocycles. The van der Waals surface area contributed by atoms with Gasteiger partial charge in [0.2, 0.25) is 5.91 Å². The topological polar surface area (TPSA) is 46.6 Å². The summed E-state index contributed by atoms with van der Waals surface area (Å²) < 4.78 is 6.48. The van der Waals surface area contributed by atoms with Crippen molar-refractivity contribution in [2.45, 2.75) is 194 Å². The van der Waals surface area contributed by atoms with Crippen molar-refractivity contribution in [3.8, 4) is 0 Å². The third-order valence-electron chi connectivity index (χ3n) is 10.4. The van der Waals surface area contributed by atoms with Gasteiger partial charge in [-0.25, -0.2) is 0 Å². The van der Waals surface area contributed by atoms with Gasteiger partial charge in [0, 0.05) is 12.8 Å². The summed E-state index contributed by atoms with van der Waals surface area (Å²) in [4.78, 5) is 27.1. The normalized spacial score (nSPS) is 14.8. The molecule has 0 radical (unpaired) electrons. The number of piperazine rings is 1. The number of allylic oxidation sites excluding steroid dienone is 4. The first-order chi connectivity index (χ1) is 23.5. The molecule has 1 amide bonds. The maximum Gasteiger partial charge on any atom is 0.305 e. The number of hydrogen-bond donors (Lipinski definition) is 0. The van der Waals surface area contributed by atoms with Crippen LogP contribution in [-0.4, -0.2) is 67.6 Å². The maximum absolute atomic E-state index is 12.8. The van der Waals surface area contributed by atoms with E-state index in [1.165, 1.54) is 141 Å². The van der Waals surface area contributed by atoms with Gasteiger partial charge < -0.3 is 14.1 Å². The molecule has 48 heavy (non-hydrogen) atoms. The van der Waals surface area contributed by atoms with E-state index in [1.807, 2.05) is 0 Å². The lowest BCUT2D eigenvalue weighted by atomic mass is 10.1. The molecule has 1 heterocycles. The predicted molar refractivity (Wildman–Crippen MR) is 207 cm³/mol. The second kappa shape index (κ2) is 32.6. The number of esters is 1. The lowest BCUT2D eigenvalue weighted by Crippen LogP contribution is -2.59. The van der Waals surface area contributed by atoms with Crippen LogP contribution in [0.1, 0.15) is 194 Å². The number of hydrogen-bond acceptors (Lipinski definition) is 3. The van der Waals surface area contributed by atoms with Crippen molar-refractivity contribution in [3.63, 3.8) is 0 Å². The largest absolute Gasteiger partial charge is 0.460 e. The molecule has 0 N–H and O–H groups in total. The fourth-order valence-corrected chi connectivity index (χ4v) is 6.72. The first kappa shape index (κ1) is 44.4. The molecule has 1 saturated heterocycles. The summed E-state index contributed by atoms with van der Waals surface area (Å²) in [7, 11) is 2.24. The summed E-state index contributed by atoms with van der Waals surface area (Å²) in [6.07, 6.45) is 43.8. The molecule has 0 bridgehead atoms. The molecule has 1 aliphatic heterocycles. The molecule has 0 unspecified atom stereocenters. The summed E-state index contributed by atoms with van der Waals surface area (Å²) in [5, 5.41) is 0. The molecule has 0 aromatic carbocycles. The zero-order valence-corrected chi connectivity index (χ0v) is 32.5. The summed E-state index contributed by atoms with van der Waals surface area (Å²) >= 11 is 0. The molecule has 0 saturated carbocycles. The van der Waals surface area contributed by atoms with E-state index in [9.17, 15) is 9.59 Å². The number of carbonyl (C=O) groups excluding carboxylic acids is 2. The zero-order valence-electron chi connectivity index (χ0n) is 32.5. The third-order valence-corrected chi connectivity index (χ3v) is 10.4. The second-order valence-electron chi connectivity index (χ2n) is 15.1. The Labute approximate surface area is 299 Å². The molecular formula is C43H81N2O3+. The van der Waals surface area contributed by atoms with Crippen LogP contribution in [0, 0.1) is 0 Å². The van der Waals surface area contributed by atoms with Gasteiger partial charge in [-0.2, -0.15) is 0 Å². The van der Waals surface area contributed by atoms with E-state index < -0.39 is 0 Å². The maximum atomic E-state index is 12.8. The van der Waals surface area contributed by atoms with Gasteiger partial charge in [0.25, 0.3) is 0 Å². The Kier molecular flexibility index (Phi) is 30.1. The van der Waals surface area contributed by atoms with E-state index >= 15 is 0 Å². The van der Waals surface area contributed by atoms with Gasteiger partial charge in [0.15, 0.2) is 0 Å². The van der Waals surface area contributed by atoms with E-state index in [2.05, 4.69) is 50.1 Å². The number of carbonyl (C=O) groups is 2. The predicted octanol–water partition coefficient (Wildman–Crippen LogP) is 11.9. The van der Waals surface area contributed by atoms with Crippen molar-refractivity contribution in [1.29, 1.82) is 0 Å². The fourth-order valence-electron chi connectivity index (χ4n) is 6.72. The summed E-state index contributed by atoms with van der Waals surface area (Å²) in [6, 6.07) is 0. The van der Waals surface area contributed by atoms with Crippen LogP contribution in [0.3, 0.4) is 0 Å². The van der Waals surface area contributed by atoms with Crippen LogP contribution in [0.2, 0.25) is 0 Å². The Morgan fingerprint density at radius 3 is 1.35 bits per heavy atom. The smallest absolute Gasteiger partial charge is 0.305 e. The average Bonchev–Trinajstić information content (AvgIpc) is 3.08. The molecule has 0 spiro atoms. The Morgan fingerprint density at radius 2 is 0.917 bits per heavy atom. The van der Waals surface area contributed by atoms with E-state index in [0.717, 1.165) is 62.9 Å². The van der Waals surface area contributed by atoms with Crippen LogP contribution >= 0.6 is 0 Å². The molecule has 280 valence electrons. The van der Waals surface area contributed by atoms with Crippen LogP contribution in [0.25, 0.3) is 0 Å². The number of quaternary nitrogens is 1. The van der Waals surface area contributed by atoms with Crippen molar-refractivity contribution < 1.29 is 18.8 Å². The van der Waals surface area contributed by atoms with Crippen molar-refractivity contribution in [2.24, 2.45) is 0 Å². The highest BCUT2D eigenvalue weighted by Crippen LogP contribution is 2.15. The highest BCUT2D eigenvalue weighted by Gasteiger charge is 2.30. The second-order valence-corrected chi connectivity index (χ2v) is 15.1. The van der Waals surface area contributed by atoms with E-state index in [4.69, 9.17) is 4.74 Å². The molecule has 0 atom stereocenters.